The number of aromatic nitrogens is 4. The van der Waals surface area contributed by atoms with E-state index in [9.17, 15) is 9.59 Å². The van der Waals surface area contributed by atoms with Gasteiger partial charge in [0, 0.05) is 16.7 Å². The summed E-state index contributed by atoms with van der Waals surface area (Å²) < 4.78 is 8.51. The number of fused-ring (bicyclic) bond motifs is 1. The molecule has 34 heavy (non-hydrogen) atoms. The number of ketones is 1. The average Bonchev–Trinajstić information content (AvgIpc) is 3.29. The highest BCUT2D eigenvalue weighted by molar-refractivity contribution is 9.11. The molecular weight excluding hydrogens is 564 g/mol. The SMILES string of the molecule is O=C(c1ccc(-c2cnn3c(=O)[nH]cnc23)cc1)c1cc(Br)c(OCc2ccccc2)c(Br)c1. The molecule has 5 aromatic rings. The number of carbonyl (C=O) groups excluding carboxylic acids is 1. The highest BCUT2D eigenvalue weighted by Crippen LogP contribution is 2.36. The molecule has 0 aliphatic heterocycles. The third kappa shape index (κ3) is 4.32. The molecule has 2 aromatic heterocycles. The first-order chi connectivity index (χ1) is 16.5. The smallest absolute Gasteiger partial charge is 0.349 e. The molecule has 168 valence electrons. The summed E-state index contributed by atoms with van der Waals surface area (Å²) in [5.74, 6) is 0.503. The Morgan fingerprint density at radius 3 is 2.38 bits per heavy atom. The summed E-state index contributed by atoms with van der Waals surface area (Å²) in [6.07, 6.45) is 2.92. The van der Waals surface area contributed by atoms with Crippen LogP contribution in [0.3, 0.4) is 0 Å². The van der Waals surface area contributed by atoms with E-state index in [0.29, 0.717) is 43.6 Å². The van der Waals surface area contributed by atoms with Crippen molar-refractivity contribution < 1.29 is 9.53 Å². The van der Waals surface area contributed by atoms with Crippen molar-refractivity contribution in [3.8, 4) is 16.9 Å². The van der Waals surface area contributed by atoms with Gasteiger partial charge in [0.25, 0.3) is 0 Å². The Labute approximate surface area is 210 Å². The molecule has 0 unspecified atom stereocenters. The molecule has 5 rings (SSSR count). The van der Waals surface area contributed by atoms with E-state index in [2.05, 4.69) is 46.9 Å². The van der Waals surface area contributed by atoms with E-state index in [0.717, 1.165) is 11.1 Å². The number of halogens is 2. The number of aromatic amines is 1. The second-order valence-corrected chi connectivity index (χ2v) is 9.16. The second kappa shape index (κ2) is 9.36. The maximum absolute atomic E-state index is 13.1. The molecule has 0 aliphatic rings. The van der Waals surface area contributed by atoms with Gasteiger partial charge in [-0.25, -0.2) is 9.78 Å². The highest BCUT2D eigenvalue weighted by Gasteiger charge is 2.16. The maximum atomic E-state index is 13.1. The molecule has 3 aromatic carbocycles. The predicted octanol–water partition coefficient (Wildman–Crippen LogP) is 5.42. The van der Waals surface area contributed by atoms with Gasteiger partial charge in [0.2, 0.25) is 0 Å². The van der Waals surface area contributed by atoms with Crippen molar-refractivity contribution >= 4 is 43.3 Å². The number of H-pyrrole nitrogens is 1. The minimum absolute atomic E-state index is 0.128. The molecule has 0 aliphatic carbocycles. The van der Waals surface area contributed by atoms with Crippen LogP contribution in [0.25, 0.3) is 16.8 Å². The van der Waals surface area contributed by atoms with Crippen molar-refractivity contribution in [2.24, 2.45) is 0 Å². The number of nitrogens with zero attached hydrogens (tertiary/aromatic N) is 3. The lowest BCUT2D eigenvalue weighted by Gasteiger charge is -2.12. The van der Waals surface area contributed by atoms with Crippen LogP contribution in [0.2, 0.25) is 0 Å². The maximum Gasteiger partial charge on any atom is 0.349 e. The summed E-state index contributed by atoms with van der Waals surface area (Å²) in [7, 11) is 0. The Hall–Kier alpha value is -3.56. The van der Waals surface area contributed by atoms with Gasteiger partial charge in [0.15, 0.2) is 11.4 Å². The lowest BCUT2D eigenvalue weighted by molar-refractivity contribution is 0.103. The number of benzene rings is 3. The molecule has 0 saturated heterocycles. The normalized spacial score (nSPS) is 11.0. The van der Waals surface area contributed by atoms with Gasteiger partial charge >= 0.3 is 5.69 Å². The summed E-state index contributed by atoms with van der Waals surface area (Å²) in [4.78, 5) is 31.7. The fourth-order valence-corrected chi connectivity index (χ4v) is 4.97. The highest BCUT2D eigenvalue weighted by atomic mass is 79.9. The third-order valence-electron chi connectivity index (χ3n) is 5.26. The molecule has 0 spiro atoms. The van der Waals surface area contributed by atoms with Crippen LogP contribution in [0.5, 0.6) is 5.75 Å². The van der Waals surface area contributed by atoms with Gasteiger partial charge in [-0.2, -0.15) is 9.61 Å². The van der Waals surface area contributed by atoms with Crippen molar-refractivity contribution in [2.75, 3.05) is 0 Å². The molecule has 7 nitrogen and oxygen atoms in total. The fourth-order valence-electron chi connectivity index (χ4n) is 3.55. The molecule has 0 fully saturated rings. The van der Waals surface area contributed by atoms with Crippen molar-refractivity contribution in [1.82, 2.24) is 19.6 Å². The second-order valence-electron chi connectivity index (χ2n) is 7.45. The molecule has 2 heterocycles. The van der Waals surface area contributed by atoms with Crippen molar-refractivity contribution in [3.05, 3.63) is 115 Å². The zero-order valence-corrected chi connectivity index (χ0v) is 20.7. The summed E-state index contributed by atoms with van der Waals surface area (Å²) in [5.41, 5.74) is 3.68. The molecule has 0 saturated carbocycles. The van der Waals surface area contributed by atoms with Crippen molar-refractivity contribution in [3.63, 3.8) is 0 Å². The van der Waals surface area contributed by atoms with E-state index in [1.54, 1.807) is 30.5 Å². The van der Waals surface area contributed by atoms with Gasteiger partial charge in [-0.15, -0.1) is 0 Å². The third-order valence-corrected chi connectivity index (χ3v) is 6.43. The molecule has 0 radical (unpaired) electrons. The van der Waals surface area contributed by atoms with Gasteiger partial charge in [0.1, 0.15) is 12.4 Å². The molecule has 0 amide bonds. The van der Waals surface area contributed by atoms with E-state index in [-0.39, 0.29) is 11.5 Å². The largest absolute Gasteiger partial charge is 0.487 e. The molecule has 9 heteroatoms. The number of hydrogen-bond donors (Lipinski definition) is 1. The van der Waals surface area contributed by atoms with Crippen LogP contribution in [0.15, 0.2) is 93.0 Å². The van der Waals surface area contributed by atoms with E-state index < -0.39 is 0 Å². The van der Waals surface area contributed by atoms with Crippen molar-refractivity contribution in [2.45, 2.75) is 6.61 Å². The molecule has 0 atom stereocenters. The van der Waals surface area contributed by atoms with Gasteiger partial charge in [-0.05, 0) is 55.1 Å². The first kappa shape index (κ1) is 22.2. The molecule has 0 bridgehead atoms. The van der Waals surface area contributed by atoms with Gasteiger partial charge < -0.3 is 4.74 Å². The van der Waals surface area contributed by atoms with Crippen LogP contribution in [-0.2, 0) is 6.61 Å². The van der Waals surface area contributed by atoms with E-state index in [1.165, 1.54) is 10.8 Å². The standard InChI is InChI=1S/C25H16Br2N4O3/c26-20-10-18(11-21(27)23(20)34-13-15-4-2-1-3-5-15)22(32)17-8-6-16(7-9-17)19-12-30-31-24(19)28-14-29-25(31)33/h1-12,14H,13H2,(H,28,29,33). The van der Waals surface area contributed by atoms with Gasteiger partial charge in [-0.3, -0.25) is 9.78 Å². The van der Waals surface area contributed by atoms with Crippen LogP contribution < -0.4 is 10.4 Å². The Bertz CT molecular complexity index is 1540. The van der Waals surface area contributed by atoms with Gasteiger partial charge in [-0.1, -0.05) is 54.6 Å². The first-order valence-corrected chi connectivity index (χ1v) is 11.8. The van der Waals surface area contributed by atoms with Crippen molar-refractivity contribution in [1.29, 1.82) is 0 Å². The Morgan fingerprint density at radius 1 is 0.971 bits per heavy atom. The monoisotopic (exact) mass is 578 g/mol. The Kier molecular flexibility index (Phi) is 6.12. The fraction of sp³-hybridized carbons (Fsp3) is 0.0400. The minimum Gasteiger partial charge on any atom is -0.487 e. The van der Waals surface area contributed by atoms with Crippen LogP contribution in [0.4, 0.5) is 0 Å². The van der Waals surface area contributed by atoms with E-state index >= 15 is 0 Å². The lowest BCUT2D eigenvalue weighted by Crippen LogP contribution is -2.17. The predicted molar refractivity (Wildman–Crippen MR) is 135 cm³/mol. The van der Waals surface area contributed by atoms with Crippen LogP contribution in [-0.4, -0.2) is 25.4 Å². The Balaban J connectivity index is 1.38. The number of hydrogen-bond acceptors (Lipinski definition) is 5. The summed E-state index contributed by atoms with van der Waals surface area (Å²) in [6.45, 7) is 0.414. The number of ether oxygens (including phenoxy) is 1. The Morgan fingerprint density at radius 2 is 1.68 bits per heavy atom. The minimum atomic E-state index is -0.365. The van der Waals surface area contributed by atoms with Crippen LogP contribution >= 0.6 is 31.9 Å². The van der Waals surface area contributed by atoms with Crippen LogP contribution in [0.1, 0.15) is 21.5 Å². The first-order valence-electron chi connectivity index (χ1n) is 10.2. The molecular formula is C25H16Br2N4O3. The van der Waals surface area contributed by atoms with Gasteiger partial charge in [0.05, 0.1) is 21.5 Å². The zero-order valence-electron chi connectivity index (χ0n) is 17.5. The topological polar surface area (TPSA) is 89.4 Å². The van der Waals surface area contributed by atoms with E-state index in [1.807, 2.05) is 42.5 Å². The quantitative estimate of drug-likeness (QED) is 0.271. The number of carbonyl (C=O) groups is 1. The van der Waals surface area contributed by atoms with E-state index in [4.69, 9.17) is 4.74 Å². The average molecular weight is 580 g/mol. The summed E-state index contributed by atoms with van der Waals surface area (Å²) >= 11 is 7.05. The number of nitrogens with one attached hydrogen (secondary N) is 1. The van der Waals surface area contributed by atoms with Crippen LogP contribution in [0, 0.1) is 0 Å². The summed E-state index contributed by atoms with van der Waals surface area (Å²) in [5, 5.41) is 4.08. The zero-order chi connectivity index (χ0) is 23.7. The molecule has 1 N–H and O–H groups in total. The lowest BCUT2D eigenvalue weighted by atomic mass is 10.0. The summed E-state index contributed by atoms with van der Waals surface area (Å²) in [6, 6.07) is 20.5. The number of rotatable bonds is 6.